The minimum absolute atomic E-state index is 0.181. The molecule has 4 heteroatoms. The van der Waals surface area contributed by atoms with Crippen LogP contribution in [0.3, 0.4) is 0 Å². The van der Waals surface area contributed by atoms with E-state index >= 15 is 0 Å². The zero-order valence-corrected chi connectivity index (χ0v) is 16.1. The second kappa shape index (κ2) is 7.56. The Morgan fingerprint density at radius 2 is 1.65 bits per heavy atom. The molecule has 1 N–H and O–H groups in total. The minimum atomic E-state index is -1.19. The van der Waals surface area contributed by atoms with Gasteiger partial charge in [-0.25, -0.2) is 8.93 Å². The van der Waals surface area contributed by atoms with Crippen molar-refractivity contribution in [2.24, 2.45) is 0 Å². The second-order valence-electron chi connectivity index (χ2n) is 6.29. The Kier molecular flexibility index (Phi) is 5.95. The molecule has 0 heterocycles. The molecule has 122 valence electrons. The van der Waals surface area contributed by atoms with Crippen molar-refractivity contribution in [1.82, 2.24) is 4.72 Å². The quantitative estimate of drug-likeness (QED) is 0.742. The molecule has 1 unspecified atom stereocenters. The normalized spacial score (nSPS) is 14.3. The first-order chi connectivity index (χ1) is 10.8. The van der Waals surface area contributed by atoms with Gasteiger partial charge in [-0.15, -0.1) is 0 Å². The molecule has 2 atom stereocenters. The third kappa shape index (κ3) is 4.40. The van der Waals surface area contributed by atoms with Gasteiger partial charge in [0.05, 0.1) is 21.8 Å². The lowest BCUT2D eigenvalue weighted by atomic mass is 9.95. The van der Waals surface area contributed by atoms with Crippen LogP contribution in [0.15, 0.2) is 59.6 Å². The summed E-state index contributed by atoms with van der Waals surface area (Å²) in [5.74, 6) is 0. The van der Waals surface area contributed by atoms with Crippen LogP contribution in [0.4, 0.5) is 0 Å². The zero-order chi connectivity index (χ0) is 17.0. The molecule has 0 saturated heterocycles. The van der Waals surface area contributed by atoms with E-state index in [1.165, 1.54) is 0 Å². The molecule has 0 radical (unpaired) electrons. The van der Waals surface area contributed by atoms with Crippen molar-refractivity contribution in [2.75, 3.05) is 0 Å². The van der Waals surface area contributed by atoms with Gasteiger partial charge in [-0.2, -0.15) is 0 Å². The van der Waals surface area contributed by atoms with Crippen LogP contribution in [-0.4, -0.2) is 8.96 Å². The van der Waals surface area contributed by atoms with E-state index in [1.807, 2.05) is 75.4 Å². The summed E-state index contributed by atoms with van der Waals surface area (Å²) in [5, 5.41) is 0. The van der Waals surface area contributed by atoms with E-state index in [4.69, 9.17) is 0 Å². The van der Waals surface area contributed by atoms with Crippen LogP contribution in [0, 0.1) is 0 Å². The van der Waals surface area contributed by atoms with Crippen LogP contribution >= 0.6 is 15.9 Å². The highest BCUT2D eigenvalue weighted by Gasteiger charge is 2.26. The first kappa shape index (κ1) is 18.1. The van der Waals surface area contributed by atoms with E-state index < -0.39 is 11.0 Å². The van der Waals surface area contributed by atoms with Crippen molar-refractivity contribution in [3.05, 3.63) is 76.3 Å². The van der Waals surface area contributed by atoms with Gasteiger partial charge in [0.1, 0.15) is 0 Å². The van der Waals surface area contributed by atoms with Gasteiger partial charge >= 0.3 is 0 Å². The molecule has 0 bridgehead atoms. The molecule has 0 aliphatic rings. The average Bonchev–Trinajstić information content (AvgIpc) is 2.52. The Hall–Kier alpha value is -1.23. The molecule has 0 aliphatic heterocycles. The van der Waals surface area contributed by atoms with Crippen LogP contribution < -0.4 is 4.72 Å². The zero-order valence-electron chi connectivity index (χ0n) is 13.7. The monoisotopic (exact) mass is 391 g/mol. The fourth-order valence-electron chi connectivity index (χ4n) is 2.25. The van der Waals surface area contributed by atoms with Gasteiger partial charge in [0.15, 0.2) is 0 Å². The summed E-state index contributed by atoms with van der Waals surface area (Å²) in [7, 11) is -1.19. The van der Waals surface area contributed by atoms with Crippen molar-refractivity contribution < 1.29 is 4.21 Å². The predicted octanol–water partition coefficient (Wildman–Crippen LogP) is 5.23. The number of nitrogens with one attached hydrogen (secondary N) is 1. The molecule has 2 aromatic rings. The average molecular weight is 392 g/mol. The third-order valence-corrected chi connectivity index (χ3v) is 5.81. The van der Waals surface area contributed by atoms with E-state index in [1.54, 1.807) is 0 Å². The number of rotatable bonds is 5. The van der Waals surface area contributed by atoms with Crippen LogP contribution in [0.2, 0.25) is 0 Å². The van der Waals surface area contributed by atoms with Crippen molar-refractivity contribution in [2.45, 2.75) is 31.6 Å². The number of halogens is 1. The molecule has 2 rings (SSSR count). The molecule has 0 saturated carbocycles. The molecule has 2 nitrogen and oxygen atoms in total. The van der Waals surface area contributed by atoms with Crippen LogP contribution in [-0.2, 0) is 11.0 Å². The molecule has 0 aliphatic carbocycles. The van der Waals surface area contributed by atoms with Gasteiger partial charge in [-0.05, 0) is 43.5 Å². The van der Waals surface area contributed by atoms with E-state index in [-0.39, 0.29) is 10.8 Å². The Bertz CT molecular complexity index is 721. The van der Waals surface area contributed by atoms with Gasteiger partial charge in [-0.3, -0.25) is 0 Å². The van der Waals surface area contributed by atoms with E-state index in [2.05, 4.69) is 27.2 Å². The molecule has 0 fully saturated rings. The Morgan fingerprint density at radius 1 is 1.09 bits per heavy atom. The smallest absolute Gasteiger partial charge is 0.0979 e. The van der Waals surface area contributed by atoms with Gasteiger partial charge in [0.25, 0.3) is 0 Å². The van der Waals surface area contributed by atoms with Gasteiger partial charge in [0.2, 0.25) is 0 Å². The fraction of sp³-hybridized carbons (Fsp3) is 0.263. The summed E-state index contributed by atoms with van der Waals surface area (Å²) < 4.78 is 16.6. The van der Waals surface area contributed by atoms with Crippen LogP contribution in [0.1, 0.15) is 43.5 Å². The van der Waals surface area contributed by atoms with Gasteiger partial charge < -0.3 is 0 Å². The fourth-order valence-corrected chi connectivity index (χ4v) is 3.58. The first-order valence-electron chi connectivity index (χ1n) is 7.48. The highest BCUT2D eigenvalue weighted by Crippen LogP contribution is 2.32. The number of hydrogen-bond donors (Lipinski definition) is 1. The molecular formula is C19H22BrNOS. The summed E-state index contributed by atoms with van der Waals surface area (Å²) in [5.41, 5.74) is 3.15. The second-order valence-corrected chi connectivity index (χ2v) is 9.14. The maximum absolute atomic E-state index is 12.7. The number of benzene rings is 2. The highest BCUT2D eigenvalue weighted by atomic mass is 79.9. The van der Waals surface area contributed by atoms with E-state index in [9.17, 15) is 4.21 Å². The minimum Gasteiger partial charge on any atom is -0.242 e. The summed E-state index contributed by atoms with van der Waals surface area (Å²) in [6.45, 7) is 9.80. The third-order valence-electron chi connectivity index (χ3n) is 3.52. The van der Waals surface area contributed by atoms with Crippen molar-refractivity contribution in [1.29, 1.82) is 0 Å². The lowest BCUT2D eigenvalue weighted by Crippen LogP contribution is -2.36. The SMILES string of the molecule is C=Cc1ccccc1[C@H](NS(=O)C(C)(C)C)c1ccccc1Br. The summed E-state index contributed by atoms with van der Waals surface area (Å²) in [6.07, 6.45) is 1.83. The Morgan fingerprint density at radius 3 is 2.22 bits per heavy atom. The van der Waals surface area contributed by atoms with Gasteiger partial charge in [0, 0.05) is 4.47 Å². The number of hydrogen-bond acceptors (Lipinski definition) is 1. The van der Waals surface area contributed by atoms with Crippen LogP contribution in [0.25, 0.3) is 6.08 Å². The van der Waals surface area contributed by atoms with Crippen molar-refractivity contribution >= 4 is 33.0 Å². The molecular weight excluding hydrogens is 370 g/mol. The molecule has 23 heavy (non-hydrogen) atoms. The molecule has 2 aromatic carbocycles. The molecule has 0 amide bonds. The maximum Gasteiger partial charge on any atom is 0.0979 e. The Labute approximate surface area is 149 Å². The Balaban J connectivity index is 2.54. The summed E-state index contributed by atoms with van der Waals surface area (Å²) >= 11 is 3.62. The standard InChI is InChI=1S/C19H22BrNOS/c1-5-14-10-6-7-11-15(14)18(21-23(22)19(2,3)4)16-12-8-9-13-17(16)20/h5-13,18,21H,1H2,2-4H3/t18-,23?/m0/s1. The maximum atomic E-state index is 12.7. The summed E-state index contributed by atoms with van der Waals surface area (Å²) in [4.78, 5) is 0. The van der Waals surface area contributed by atoms with E-state index in [0.29, 0.717) is 0 Å². The highest BCUT2D eigenvalue weighted by molar-refractivity contribution is 9.10. The summed E-state index contributed by atoms with van der Waals surface area (Å²) in [6, 6.07) is 15.9. The van der Waals surface area contributed by atoms with Gasteiger partial charge in [-0.1, -0.05) is 71.0 Å². The lowest BCUT2D eigenvalue weighted by molar-refractivity contribution is 0.623. The molecule has 0 spiro atoms. The lowest BCUT2D eigenvalue weighted by Gasteiger charge is -2.26. The van der Waals surface area contributed by atoms with Crippen molar-refractivity contribution in [3.8, 4) is 0 Å². The first-order valence-corrected chi connectivity index (χ1v) is 9.42. The van der Waals surface area contributed by atoms with Crippen molar-refractivity contribution in [3.63, 3.8) is 0 Å². The topological polar surface area (TPSA) is 29.1 Å². The van der Waals surface area contributed by atoms with E-state index in [0.717, 1.165) is 21.2 Å². The largest absolute Gasteiger partial charge is 0.242 e. The molecule has 0 aromatic heterocycles. The van der Waals surface area contributed by atoms with Crippen LogP contribution in [0.5, 0.6) is 0 Å². The predicted molar refractivity (Wildman–Crippen MR) is 104 cm³/mol.